The average molecular weight is 210 g/mol. The van der Waals surface area contributed by atoms with Crippen LogP contribution in [0.25, 0.3) is 0 Å². The van der Waals surface area contributed by atoms with E-state index in [4.69, 9.17) is 0 Å². The number of pyridine rings is 1. The van der Waals surface area contributed by atoms with Crippen molar-refractivity contribution in [2.45, 2.75) is 25.3 Å². The van der Waals surface area contributed by atoms with Crippen LogP contribution in [0.4, 0.5) is 5.82 Å². The van der Waals surface area contributed by atoms with Crippen molar-refractivity contribution in [1.82, 2.24) is 4.98 Å². The van der Waals surface area contributed by atoms with Crippen LogP contribution in [0.1, 0.15) is 20.3 Å². The molecule has 1 atom stereocenters. The third-order valence-electron chi connectivity index (χ3n) is 2.19. The Kier molecular flexibility index (Phi) is 4.80. The first-order valence-corrected chi connectivity index (χ1v) is 6.02. The molecule has 78 valence electrons. The molecule has 0 fully saturated rings. The van der Waals surface area contributed by atoms with Gasteiger partial charge in [0.2, 0.25) is 0 Å². The summed E-state index contributed by atoms with van der Waals surface area (Å²) in [7, 11) is 1.89. The number of hydrogen-bond acceptors (Lipinski definition) is 3. The lowest BCUT2D eigenvalue weighted by Gasteiger charge is -2.07. The predicted molar refractivity (Wildman–Crippen MR) is 64.0 cm³/mol. The van der Waals surface area contributed by atoms with Gasteiger partial charge in [0, 0.05) is 12.8 Å². The molecular formula is C11H18N2S. The van der Waals surface area contributed by atoms with E-state index in [-0.39, 0.29) is 0 Å². The Labute approximate surface area is 90.5 Å². The highest BCUT2D eigenvalue weighted by molar-refractivity contribution is 7.99. The maximum absolute atomic E-state index is 4.45. The highest BCUT2D eigenvalue weighted by Gasteiger charge is 2.01. The topological polar surface area (TPSA) is 24.9 Å². The van der Waals surface area contributed by atoms with E-state index in [0.717, 1.165) is 22.5 Å². The molecule has 2 nitrogen and oxygen atoms in total. The van der Waals surface area contributed by atoms with E-state index in [1.807, 2.05) is 30.9 Å². The number of thioether (sulfide) groups is 1. The molecule has 0 saturated carbocycles. The van der Waals surface area contributed by atoms with Gasteiger partial charge in [0.05, 0.1) is 5.03 Å². The molecule has 3 heteroatoms. The van der Waals surface area contributed by atoms with Crippen LogP contribution >= 0.6 is 11.8 Å². The van der Waals surface area contributed by atoms with E-state index >= 15 is 0 Å². The lowest BCUT2D eigenvalue weighted by atomic mass is 10.2. The van der Waals surface area contributed by atoms with Crippen LogP contribution in [0.3, 0.4) is 0 Å². The molecule has 0 amide bonds. The van der Waals surface area contributed by atoms with Gasteiger partial charge in [0.1, 0.15) is 5.82 Å². The minimum absolute atomic E-state index is 0.764. The van der Waals surface area contributed by atoms with Gasteiger partial charge in [0.15, 0.2) is 0 Å². The van der Waals surface area contributed by atoms with E-state index in [1.165, 1.54) is 6.42 Å². The van der Waals surface area contributed by atoms with Gasteiger partial charge in [-0.2, -0.15) is 0 Å². The highest BCUT2D eigenvalue weighted by atomic mass is 32.2. The molecule has 1 heterocycles. The Morgan fingerprint density at radius 3 is 2.93 bits per heavy atom. The van der Waals surface area contributed by atoms with Gasteiger partial charge >= 0.3 is 0 Å². The molecule has 1 unspecified atom stereocenters. The number of aromatic nitrogens is 1. The Bertz CT molecular complexity index is 276. The zero-order valence-corrected chi connectivity index (χ0v) is 9.90. The Hall–Kier alpha value is -0.700. The summed E-state index contributed by atoms with van der Waals surface area (Å²) < 4.78 is 0. The summed E-state index contributed by atoms with van der Waals surface area (Å²) in [4.78, 5) is 4.45. The highest BCUT2D eigenvalue weighted by Crippen LogP contribution is 2.20. The van der Waals surface area contributed by atoms with Crippen molar-refractivity contribution >= 4 is 17.6 Å². The van der Waals surface area contributed by atoms with Crippen molar-refractivity contribution in [3.05, 3.63) is 18.2 Å². The molecular weight excluding hydrogens is 192 g/mol. The first-order chi connectivity index (χ1) is 6.76. The third kappa shape index (κ3) is 3.58. The van der Waals surface area contributed by atoms with Gasteiger partial charge in [-0.15, -0.1) is 11.8 Å². The maximum Gasteiger partial charge on any atom is 0.126 e. The number of nitrogens with one attached hydrogen (secondary N) is 1. The summed E-state index contributed by atoms with van der Waals surface area (Å²) >= 11 is 1.83. The SMILES string of the molecule is CCC(C)CSc1cccc(NC)n1. The second-order valence-electron chi connectivity index (χ2n) is 3.44. The van der Waals surface area contributed by atoms with Gasteiger partial charge in [-0.25, -0.2) is 4.98 Å². The molecule has 0 bridgehead atoms. The van der Waals surface area contributed by atoms with Gasteiger partial charge < -0.3 is 5.32 Å². The number of nitrogens with zero attached hydrogens (tertiary/aromatic N) is 1. The lowest BCUT2D eigenvalue weighted by molar-refractivity contribution is 0.636. The van der Waals surface area contributed by atoms with Gasteiger partial charge in [0.25, 0.3) is 0 Å². The van der Waals surface area contributed by atoms with Gasteiger partial charge in [-0.3, -0.25) is 0 Å². The molecule has 14 heavy (non-hydrogen) atoms. The lowest BCUT2D eigenvalue weighted by Crippen LogP contribution is -1.97. The van der Waals surface area contributed by atoms with Gasteiger partial charge in [-0.05, 0) is 18.1 Å². The molecule has 1 aromatic rings. The fourth-order valence-electron chi connectivity index (χ4n) is 0.980. The molecule has 1 rings (SSSR count). The van der Waals surface area contributed by atoms with Crippen LogP contribution in [0.15, 0.2) is 23.2 Å². The minimum Gasteiger partial charge on any atom is -0.373 e. The summed E-state index contributed by atoms with van der Waals surface area (Å²) in [5.74, 6) is 2.86. The van der Waals surface area contributed by atoms with Crippen molar-refractivity contribution in [3.8, 4) is 0 Å². The van der Waals surface area contributed by atoms with E-state index in [0.29, 0.717) is 0 Å². The van der Waals surface area contributed by atoms with Crippen LogP contribution in [0.5, 0.6) is 0 Å². The maximum atomic E-state index is 4.45. The quantitative estimate of drug-likeness (QED) is 0.755. The molecule has 0 radical (unpaired) electrons. The van der Waals surface area contributed by atoms with Crippen molar-refractivity contribution in [2.75, 3.05) is 18.1 Å². The molecule has 0 aliphatic rings. The first kappa shape index (κ1) is 11.4. The molecule has 0 aliphatic heterocycles. The smallest absolute Gasteiger partial charge is 0.126 e. The molecule has 0 aliphatic carbocycles. The molecule has 1 N–H and O–H groups in total. The zero-order chi connectivity index (χ0) is 10.4. The first-order valence-electron chi connectivity index (χ1n) is 5.03. The van der Waals surface area contributed by atoms with Gasteiger partial charge in [-0.1, -0.05) is 26.3 Å². The summed E-state index contributed by atoms with van der Waals surface area (Å²) in [5, 5.41) is 4.15. The van der Waals surface area contributed by atoms with Crippen LogP contribution in [-0.4, -0.2) is 17.8 Å². The van der Waals surface area contributed by atoms with Crippen LogP contribution in [0.2, 0.25) is 0 Å². The standard InChI is InChI=1S/C11H18N2S/c1-4-9(2)8-14-11-7-5-6-10(12-3)13-11/h5-7,9H,4,8H2,1-3H3,(H,12,13). The van der Waals surface area contributed by atoms with Crippen LogP contribution in [-0.2, 0) is 0 Å². The summed E-state index contributed by atoms with van der Waals surface area (Å²) in [5.41, 5.74) is 0. The normalized spacial score (nSPS) is 12.5. The Morgan fingerprint density at radius 2 is 2.29 bits per heavy atom. The van der Waals surface area contributed by atoms with E-state index in [1.54, 1.807) is 0 Å². The molecule has 0 aromatic carbocycles. The summed E-state index contributed by atoms with van der Waals surface area (Å²) in [6.45, 7) is 4.50. The number of anilines is 1. The Balaban J connectivity index is 2.50. The summed E-state index contributed by atoms with van der Waals surface area (Å²) in [6.07, 6.45) is 1.23. The summed E-state index contributed by atoms with van der Waals surface area (Å²) in [6, 6.07) is 6.08. The second kappa shape index (κ2) is 5.91. The van der Waals surface area contributed by atoms with Crippen molar-refractivity contribution in [1.29, 1.82) is 0 Å². The molecule has 0 saturated heterocycles. The second-order valence-corrected chi connectivity index (χ2v) is 4.48. The zero-order valence-electron chi connectivity index (χ0n) is 9.08. The van der Waals surface area contributed by atoms with E-state index in [9.17, 15) is 0 Å². The predicted octanol–water partition coefficient (Wildman–Crippen LogP) is 3.26. The third-order valence-corrected chi connectivity index (χ3v) is 3.45. The van der Waals surface area contributed by atoms with Crippen molar-refractivity contribution in [3.63, 3.8) is 0 Å². The Morgan fingerprint density at radius 1 is 1.50 bits per heavy atom. The number of hydrogen-bond donors (Lipinski definition) is 1. The fourth-order valence-corrected chi connectivity index (χ4v) is 2.01. The minimum atomic E-state index is 0.764. The van der Waals surface area contributed by atoms with Crippen molar-refractivity contribution < 1.29 is 0 Å². The molecule has 0 spiro atoms. The van der Waals surface area contributed by atoms with E-state index < -0.39 is 0 Å². The van der Waals surface area contributed by atoms with Crippen LogP contribution in [0, 0.1) is 5.92 Å². The van der Waals surface area contributed by atoms with Crippen LogP contribution < -0.4 is 5.32 Å². The fraction of sp³-hybridized carbons (Fsp3) is 0.545. The largest absolute Gasteiger partial charge is 0.373 e. The number of rotatable bonds is 5. The monoisotopic (exact) mass is 210 g/mol. The van der Waals surface area contributed by atoms with E-state index in [2.05, 4.69) is 30.2 Å². The van der Waals surface area contributed by atoms with Crippen molar-refractivity contribution in [2.24, 2.45) is 5.92 Å². The molecule has 1 aromatic heterocycles. The average Bonchev–Trinajstić information content (AvgIpc) is 2.26.